The maximum Gasteiger partial charge on any atom is 0.573 e. The number of ether oxygens (including phenoxy) is 2. The van der Waals surface area contributed by atoms with E-state index in [0.29, 0.717) is 73.0 Å². The molecule has 1 N–H and O–H groups in total. The number of benzene rings is 5. The number of nitrogens with one attached hydrogen (secondary N) is 1. The number of hydrogen-bond donors (Lipinski definition) is 1. The van der Waals surface area contributed by atoms with Crippen LogP contribution < -0.4 is 19.7 Å². The van der Waals surface area contributed by atoms with Gasteiger partial charge in [-0.25, -0.2) is 9.97 Å². The molecule has 328 valence electrons. The van der Waals surface area contributed by atoms with Gasteiger partial charge in [0.05, 0.1) is 56.0 Å². The number of carbonyl (C=O) groups excluding carboxylic acids is 2. The van der Waals surface area contributed by atoms with Gasteiger partial charge in [-0.3, -0.25) is 14.5 Å². The molecule has 13 nitrogen and oxygen atoms in total. The molecule has 65 heavy (non-hydrogen) atoms. The first kappa shape index (κ1) is 44.8. The Morgan fingerprint density at radius 3 is 2.26 bits per heavy atom. The highest BCUT2D eigenvalue weighted by atomic mass is 19.4. The number of aromatic nitrogens is 4. The molecule has 1 aliphatic rings. The lowest BCUT2D eigenvalue weighted by molar-refractivity contribution is -0.274. The molecule has 3 heterocycles. The highest BCUT2D eigenvalue weighted by molar-refractivity contribution is 6.09. The zero-order valence-corrected chi connectivity index (χ0v) is 35.2. The van der Waals surface area contributed by atoms with Gasteiger partial charge in [0.2, 0.25) is 5.91 Å². The average Bonchev–Trinajstić information content (AvgIpc) is 3.96. The number of alkyl halides is 3. The Bertz CT molecular complexity index is 2810. The number of amides is 1. The maximum atomic E-state index is 12.8. The minimum Gasteiger partial charge on any atom is -0.495 e. The van der Waals surface area contributed by atoms with E-state index in [1.807, 2.05) is 107 Å². The van der Waals surface area contributed by atoms with Crippen molar-refractivity contribution in [1.29, 1.82) is 10.5 Å². The van der Waals surface area contributed by atoms with Gasteiger partial charge in [-0.2, -0.15) is 10.5 Å². The predicted octanol–water partition coefficient (Wildman–Crippen LogP) is 8.21. The summed E-state index contributed by atoms with van der Waals surface area (Å²) in [7, 11) is 1.51. The van der Waals surface area contributed by atoms with Crippen molar-refractivity contribution in [1.82, 2.24) is 24.0 Å². The van der Waals surface area contributed by atoms with Crippen LogP contribution in [0.3, 0.4) is 0 Å². The molecule has 0 aliphatic carbocycles. The molecule has 0 spiro atoms. The summed E-state index contributed by atoms with van der Waals surface area (Å²) in [5.41, 5.74) is 6.83. The summed E-state index contributed by atoms with van der Waals surface area (Å²) in [6, 6.07) is 39.3. The number of halogens is 3. The van der Waals surface area contributed by atoms with E-state index < -0.39 is 6.36 Å². The first-order chi connectivity index (χ1) is 31.5. The zero-order valence-electron chi connectivity index (χ0n) is 35.2. The Kier molecular flexibility index (Phi) is 14.3. The number of ketones is 1. The van der Waals surface area contributed by atoms with Crippen molar-refractivity contribution >= 4 is 23.1 Å². The van der Waals surface area contributed by atoms with Crippen LogP contribution in [0.15, 0.2) is 146 Å². The van der Waals surface area contributed by atoms with Gasteiger partial charge in [0.15, 0.2) is 5.78 Å². The number of hydrogen-bond acceptors (Lipinski definition) is 10. The fourth-order valence-electron chi connectivity index (χ4n) is 7.14. The Balaban J connectivity index is 0.000000196. The van der Waals surface area contributed by atoms with Crippen LogP contribution in [0.2, 0.25) is 0 Å². The number of nitrogens with zero attached hydrogens (tertiary/aromatic N) is 8. The number of nitriles is 2. The van der Waals surface area contributed by atoms with Gasteiger partial charge in [0.1, 0.15) is 23.4 Å². The van der Waals surface area contributed by atoms with E-state index in [2.05, 4.69) is 36.7 Å². The predicted molar refractivity (Wildman–Crippen MR) is 236 cm³/mol. The van der Waals surface area contributed by atoms with E-state index in [0.717, 1.165) is 28.3 Å². The summed E-state index contributed by atoms with van der Waals surface area (Å²) < 4.78 is 50.9. The highest BCUT2D eigenvalue weighted by Crippen LogP contribution is 2.28. The maximum absolute atomic E-state index is 12.8. The van der Waals surface area contributed by atoms with Gasteiger partial charge in [-0.15, -0.1) is 13.2 Å². The lowest BCUT2D eigenvalue weighted by atomic mass is 10.0. The summed E-state index contributed by atoms with van der Waals surface area (Å²) in [5.74, 6) is 0.679. The molecule has 0 unspecified atom stereocenters. The van der Waals surface area contributed by atoms with E-state index >= 15 is 0 Å². The number of carbonyl (C=O) groups is 2. The normalized spacial score (nSPS) is 12.6. The van der Waals surface area contributed by atoms with E-state index in [1.54, 1.807) is 30.7 Å². The molecule has 16 heteroatoms. The lowest BCUT2D eigenvalue weighted by Crippen LogP contribution is -2.50. The Morgan fingerprint density at radius 1 is 0.815 bits per heavy atom. The van der Waals surface area contributed by atoms with Crippen LogP contribution in [-0.4, -0.2) is 68.8 Å². The zero-order chi connectivity index (χ0) is 45.8. The van der Waals surface area contributed by atoms with Crippen molar-refractivity contribution in [3.05, 3.63) is 191 Å². The summed E-state index contributed by atoms with van der Waals surface area (Å²) in [6.07, 6.45) is 2.36. The molecule has 7 aromatic rings. The molecule has 0 radical (unpaired) electrons. The average molecular weight is 878 g/mol. The number of methoxy groups -OCH3 is 1. The number of anilines is 2. The third-order valence-corrected chi connectivity index (χ3v) is 10.5. The molecule has 1 amide bonds. The van der Waals surface area contributed by atoms with Crippen LogP contribution in [0.25, 0.3) is 0 Å². The minimum atomic E-state index is -4.80. The molecule has 5 aromatic carbocycles. The molecule has 0 bridgehead atoms. The fourth-order valence-corrected chi connectivity index (χ4v) is 7.14. The summed E-state index contributed by atoms with van der Waals surface area (Å²) in [4.78, 5) is 37.4. The van der Waals surface area contributed by atoms with Crippen LogP contribution in [0.1, 0.15) is 49.7 Å². The highest BCUT2D eigenvalue weighted by Gasteiger charge is 2.32. The Hall–Kier alpha value is -8.21. The third kappa shape index (κ3) is 12.0. The van der Waals surface area contributed by atoms with Gasteiger partial charge in [0, 0.05) is 73.3 Å². The Morgan fingerprint density at radius 2 is 1.55 bits per heavy atom. The van der Waals surface area contributed by atoms with Crippen molar-refractivity contribution < 1.29 is 32.2 Å². The van der Waals surface area contributed by atoms with Crippen molar-refractivity contribution in [2.75, 3.05) is 37.0 Å². The van der Waals surface area contributed by atoms with Crippen LogP contribution in [0, 0.1) is 22.7 Å². The Labute approximate surface area is 373 Å². The fraction of sp³-hybridized carbons (Fsp3) is 0.184. The van der Waals surface area contributed by atoms with Gasteiger partial charge in [-0.1, -0.05) is 54.6 Å². The van der Waals surface area contributed by atoms with Crippen LogP contribution in [0.5, 0.6) is 11.5 Å². The first-order valence-corrected chi connectivity index (χ1v) is 20.4. The standard InChI is InChI=1S/C25H20N4O.C24H22F3N5O3/c26-14-19-6-8-20(9-7-19)17-29-18-27-15-24(29)16-28-23-12-10-22(11-13-23)25(30)21-4-2-1-3-5-21;1-34-21-11-17(5-6-18(21)13-28)14-31-8-7-29-22(31)15-30-9-10-32(23(33)16-30)19-3-2-4-20(12-19)35-24(25,26)27/h1-13,15,18,28H,16-17H2;2-8,11-12H,9-10,14-16H2,1H3. The van der Waals surface area contributed by atoms with E-state index in [1.165, 1.54) is 30.2 Å². The molecular formula is C49H42F3N9O4. The molecule has 1 aliphatic heterocycles. The summed E-state index contributed by atoms with van der Waals surface area (Å²) in [6.45, 7) is 3.18. The molecular weight excluding hydrogens is 836 g/mol. The topological polar surface area (TPSA) is 154 Å². The molecule has 1 fully saturated rings. The van der Waals surface area contributed by atoms with Crippen molar-refractivity contribution in [2.45, 2.75) is 32.5 Å². The smallest absolute Gasteiger partial charge is 0.495 e. The lowest BCUT2D eigenvalue weighted by Gasteiger charge is -2.34. The minimum absolute atomic E-state index is 0.0163. The van der Waals surface area contributed by atoms with Crippen molar-refractivity contribution in [3.8, 4) is 23.6 Å². The molecule has 0 saturated carbocycles. The third-order valence-electron chi connectivity index (χ3n) is 10.5. The monoisotopic (exact) mass is 877 g/mol. The SMILES string of the molecule is COc1cc(Cn2ccnc2CN2CCN(c3cccc(OC(F)(F)F)c3)C(=O)C2)ccc1C#N.N#Cc1ccc(Cn2cncc2CNc2ccc(C(=O)c3ccccc3)cc2)cc1. The number of rotatable bonds is 14. The van der Waals surface area contributed by atoms with Crippen molar-refractivity contribution in [3.63, 3.8) is 0 Å². The molecule has 0 atom stereocenters. The second-order valence-corrected chi connectivity index (χ2v) is 14.9. The second kappa shape index (κ2) is 20.8. The van der Waals surface area contributed by atoms with Crippen LogP contribution in [0.4, 0.5) is 24.5 Å². The van der Waals surface area contributed by atoms with E-state index in [4.69, 9.17) is 15.3 Å². The summed E-state index contributed by atoms with van der Waals surface area (Å²) in [5, 5.41) is 21.5. The van der Waals surface area contributed by atoms with Crippen molar-refractivity contribution in [2.24, 2.45) is 0 Å². The van der Waals surface area contributed by atoms with Crippen LogP contribution in [-0.2, 0) is 31.0 Å². The largest absolute Gasteiger partial charge is 0.573 e. The molecule has 2 aromatic heterocycles. The van der Waals surface area contributed by atoms with Crippen LogP contribution >= 0.6 is 0 Å². The van der Waals surface area contributed by atoms with Gasteiger partial charge in [0.25, 0.3) is 0 Å². The molecule has 8 rings (SSSR count). The van der Waals surface area contributed by atoms with Gasteiger partial charge < -0.3 is 28.8 Å². The van der Waals surface area contributed by atoms with Gasteiger partial charge in [-0.05, 0) is 71.8 Å². The summed E-state index contributed by atoms with van der Waals surface area (Å²) >= 11 is 0. The second-order valence-electron chi connectivity index (χ2n) is 14.9. The quantitative estimate of drug-likeness (QED) is 0.106. The molecule has 1 saturated heterocycles. The van der Waals surface area contributed by atoms with Gasteiger partial charge >= 0.3 is 6.36 Å². The number of imidazole rings is 2. The van der Waals surface area contributed by atoms with E-state index in [-0.39, 0.29) is 24.0 Å². The first-order valence-electron chi connectivity index (χ1n) is 20.4. The van der Waals surface area contributed by atoms with E-state index in [9.17, 15) is 22.8 Å². The number of piperazine rings is 1.